The van der Waals surface area contributed by atoms with Crippen LogP contribution in [0, 0.1) is 0 Å². The van der Waals surface area contributed by atoms with Crippen molar-refractivity contribution in [3.05, 3.63) is 58.6 Å². The first-order valence-electron chi connectivity index (χ1n) is 6.90. The van der Waals surface area contributed by atoms with Crippen LogP contribution in [0.4, 0.5) is 0 Å². The van der Waals surface area contributed by atoms with Crippen LogP contribution in [-0.4, -0.2) is 19.0 Å². The third kappa shape index (κ3) is 3.37. The van der Waals surface area contributed by atoms with Gasteiger partial charge in [-0.05, 0) is 42.3 Å². The largest absolute Gasteiger partial charge is 0.486 e. The highest BCUT2D eigenvalue weighted by Crippen LogP contribution is 2.31. The fourth-order valence-electron chi connectivity index (χ4n) is 2.31. The smallest absolute Gasteiger partial charge is 0.163 e. The van der Waals surface area contributed by atoms with E-state index in [1.165, 1.54) is 0 Å². The highest BCUT2D eigenvalue weighted by Gasteiger charge is 2.14. The summed E-state index contributed by atoms with van der Waals surface area (Å²) in [6.45, 7) is 1.07. The predicted molar refractivity (Wildman–Crippen MR) is 81.5 cm³/mol. The summed E-state index contributed by atoms with van der Waals surface area (Å²) in [6, 6.07) is 12.9. The molecule has 0 spiro atoms. The molecule has 0 fully saturated rings. The Morgan fingerprint density at radius 2 is 1.86 bits per heavy atom. The van der Waals surface area contributed by atoms with Gasteiger partial charge in [0.25, 0.3) is 0 Å². The summed E-state index contributed by atoms with van der Waals surface area (Å²) in [4.78, 5) is 12.3. The molecule has 4 heteroatoms. The number of ether oxygens (including phenoxy) is 2. The molecule has 3 rings (SSSR count). The molecule has 108 valence electrons. The maximum atomic E-state index is 12.3. The predicted octanol–water partition coefficient (Wildman–Crippen LogP) is 3.93. The van der Waals surface area contributed by atoms with Crippen molar-refractivity contribution in [2.24, 2.45) is 0 Å². The molecular weight excluding hydrogens is 288 g/mol. The second kappa shape index (κ2) is 6.19. The van der Waals surface area contributed by atoms with Crippen molar-refractivity contribution in [2.45, 2.75) is 12.8 Å². The Balaban J connectivity index is 1.68. The highest BCUT2D eigenvalue weighted by molar-refractivity contribution is 6.30. The van der Waals surface area contributed by atoms with Gasteiger partial charge in [0.2, 0.25) is 0 Å². The van der Waals surface area contributed by atoms with E-state index in [1.807, 2.05) is 24.3 Å². The Bertz CT molecular complexity index is 667. The lowest BCUT2D eigenvalue weighted by Gasteiger charge is -2.18. The van der Waals surface area contributed by atoms with E-state index in [9.17, 15) is 4.79 Å². The first kappa shape index (κ1) is 14.0. The normalized spacial score (nSPS) is 13.0. The van der Waals surface area contributed by atoms with Crippen molar-refractivity contribution in [3.63, 3.8) is 0 Å². The van der Waals surface area contributed by atoms with Crippen LogP contribution in [-0.2, 0) is 6.42 Å². The summed E-state index contributed by atoms with van der Waals surface area (Å²) >= 11 is 5.94. The van der Waals surface area contributed by atoms with Crippen molar-refractivity contribution in [2.75, 3.05) is 13.2 Å². The number of fused-ring (bicyclic) bond motifs is 1. The van der Waals surface area contributed by atoms with Crippen molar-refractivity contribution in [1.29, 1.82) is 0 Å². The molecule has 0 atom stereocenters. The monoisotopic (exact) mass is 302 g/mol. The molecule has 1 heterocycles. The fraction of sp³-hybridized carbons (Fsp3) is 0.235. The van der Waals surface area contributed by atoms with E-state index < -0.39 is 0 Å². The topological polar surface area (TPSA) is 35.5 Å². The van der Waals surface area contributed by atoms with E-state index in [2.05, 4.69) is 0 Å². The zero-order chi connectivity index (χ0) is 14.7. The number of ketones is 1. The van der Waals surface area contributed by atoms with Crippen LogP contribution in [0.1, 0.15) is 22.3 Å². The Hall–Kier alpha value is -2.00. The first-order chi connectivity index (χ1) is 10.2. The molecule has 0 radical (unpaired) electrons. The van der Waals surface area contributed by atoms with Crippen LogP contribution in [0.25, 0.3) is 0 Å². The van der Waals surface area contributed by atoms with Gasteiger partial charge in [0, 0.05) is 17.0 Å². The average molecular weight is 303 g/mol. The Morgan fingerprint density at radius 1 is 1.05 bits per heavy atom. The van der Waals surface area contributed by atoms with Gasteiger partial charge in [0.15, 0.2) is 17.3 Å². The first-order valence-corrected chi connectivity index (χ1v) is 7.27. The molecule has 0 saturated heterocycles. The molecule has 0 aromatic heterocycles. The zero-order valence-electron chi connectivity index (χ0n) is 11.5. The number of aryl methyl sites for hydroxylation is 1. The Labute approximate surface area is 128 Å². The molecule has 0 saturated carbocycles. The minimum atomic E-state index is 0.0898. The Kier molecular flexibility index (Phi) is 4.11. The molecule has 2 aromatic rings. The van der Waals surface area contributed by atoms with E-state index in [4.69, 9.17) is 21.1 Å². The molecule has 0 N–H and O–H groups in total. The van der Waals surface area contributed by atoms with Gasteiger partial charge in [-0.15, -0.1) is 0 Å². The standard InChI is InChI=1S/C17H15ClO3/c18-14-3-1-2-12(10-14)4-6-15(19)13-5-7-16-17(11-13)21-9-8-20-16/h1-3,5,7,10-11H,4,6,8-9H2. The average Bonchev–Trinajstić information content (AvgIpc) is 2.52. The number of rotatable bonds is 4. The molecular formula is C17H15ClO3. The molecule has 0 amide bonds. The van der Waals surface area contributed by atoms with Crippen LogP contribution in [0.15, 0.2) is 42.5 Å². The van der Waals surface area contributed by atoms with Gasteiger partial charge >= 0.3 is 0 Å². The second-order valence-corrected chi connectivity index (χ2v) is 5.35. The Morgan fingerprint density at radius 3 is 2.67 bits per heavy atom. The van der Waals surface area contributed by atoms with Gasteiger partial charge in [0.1, 0.15) is 13.2 Å². The van der Waals surface area contributed by atoms with Crippen LogP contribution in [0.3, 0.4) is 0 Å². The number of benzene rings is 2. The lowest BCUT2D eigenvalue weighted by molar-refractivity contribution is 0.0981. The summed E-state index contributed by atoms with van der Waals surface area (Å²) in [5.41, 5.74) is 1.72. The lowest BCUT2D eigenvalue weighted by atomic mass is 10.0. The highest BCUT2D eigenvalue weighted by atomic mass is 35.5. The van der Waals surface area contributed by atoms with Gasteiger partial charge in [-0.25, -0.2) is 0 Å². The van der Waals surface area contributed by atoms with Gasteiger partial charge in [0.05, 0.1) is 0 Å². The van der Waals surface area contributed by atoms with Crippen molar-refractivity contribution in [3.8, 4) is 11.5 Å². The molecule has 0 bridgehead atoms. The van der Waals surface area contributed by atoms with Crippen LogP contribution < -0.4 is 9.47 Å². The van der Waals surface area contributed by atoms with Crippen LogP contribution in [0.2, 0.25) is 5.02 Å². The zero-order valence-corrected chi connectivity index (χ0v) is 12.2. The summed E-state index contributed by atoms with van der Waals surface area (Å²) in [6.07, 6.45) is 1.12. The second-order valence-electron chi connectivity index (χ2n) is 4.91. The van der Waals surface area contributed by atoms with E-state index >= 15 is 0 Å². The van der Waals surface area contributed by atoms with Gasteiger partial charge in [-0.1, -0.05) is 23.7 Å². The van der Waals surface area contributed by atoms with Crippen LogP contribution >= 0.6 is 11.6 Å². The van der Waals surface area contributed by atoms with Crippen molar-refractivity contribution < 1.29 is 14.3 Å². The lowest BCUT2D eigenvalue weighted by Crippen LogP contribution is -2.15. The van der Waals surface area contributed by atoms with Gasteiger partial charge in [-0.3, -0.25) is 4.79 Å². The van der Waals surface area contributed by atoms with E-state index in [1.54, 1.807) is 18.2 Å². The number of carbonyl (C=O) groups is 1. The van der Waals surface area contributed by atoms with E-state index in [0.29, 0.717) is 48.1 Å². The molecule has 2 aromatic carbocycles. The number of hydrogen-bond acceptors (Lipinski definition) is 3. The van der Waals surface area contributed by atoms with Crippen LogP contribution in [0.5, 0.6) is 11.5 Å². The maximum absolute atomic E-state index is 12.3. The van der Waals surface area contributed by atoms with Crippen molar-refractivity contribution in [1.82, 2.24) is 0 Å². The summed E-state index contributed by atoms with van der Waals surface area (Å²) in [5, 5.41) is 0.694. The third-order valence-electron chi connectivity index (χ3n) is 3.39. The molecule has 3 nitrogen and oxygen atoms in total. The molecule has 1 aliphatic heterocycles. The summed E-state index contributed by atoms with van der Waals surface area (Å²) < 4.78 is 10.9. The van der Waals surface area contributed by atoms with E-state index in [0.717, 1.165) is 5.56 Å². The molecule has 1 aliphatic rings. The van der Waals surface area contributed by atoms with E-state index in [-0.39, 0.29) is 5.78 Å². The quantitative estimate of drug-likeness (QED) is 0.803. The molecule has 0 unspecified atom stereocenters. The molecule has 21 heavy (non-hydrogen) atoms. The fourth-order valence-corrected chi connectivity index (χ4v) is 2.52. The number of Topliss-reactive ketones (excluding diaryl/α,β-unsaturated/α-hetero) is 1. The molecule has 0 aliphatic carbocycles. The minimum absolute atomic E-state index is 0.0898. The summed E-state index contributed by atoms with van der Waals surface area (Å²) in [7, 11) is 0. The number of carbonyl (C=O) groups excluding carboxylic acids is 1. The SMILES string of the molecule is O=C(CCc1cccc(Cl)c1)c1ccc2c(c1)OCCO2. The van der Waals surface area contributed by atoms with Gasteiger partial charge in [-0.2, -0.15) is 0 Å². The van der Waals surface area contributed by atoms with Gasteiger partial charge < -0.3 is 9.47 Å². The number of hydrogen-bond donors (Lipinski definition) is 0. The van der Waals surface area contributed by atoms with Crippen molar-refractivity contribution >= 4 is 17.4 Å². The minimum Gasteiger partial charge on any atom is -0.486 e. The maximum Gasteiger partial charge on any atom is 0.163 e. The summed E-state index contributed by atoms with van der Waals surface area (Å²) in [5.74, 6) is 1.44. The number of halogens is 1. The third-order valence-corrected chi connectivity index (χ3v) is 3.63.